The topological polar surface area (TPSA) is 32.3 Å². The molecular weight excluding hydrogens is 210 g/mol. The third kappa shape index (κ3) is 2.86. The van der Waals surface area contributed by atoms with Gasteiger partial charge in [-0.15, -0.1) is 0 Å². The highest BCUT2D eigenvalue weighted by Gasteiger charge is 2.13. The maximum Gasteiger partial charge on any atom is 0.120 e. The quantitative estimate of drug-likeness (QED) is 0.841. The summed E-state index contributed by atoms with van der Waals surface area (Å²) in [4.78, 5) is 0. The van der Waals surface area contributed by atoms with Crippen LogP contribution in [0.3, 0.4) is 0 Å². The molecule has 2 rings (SSSR count). The molecule has 17 heavy (non-hydrogen) atoms. The summed E-state index contributed by atoms with van der Waals surface area (Å²) in [6, 6.07) is 17.9. The van der Waals surface area contributed by atoms with E-state index in [0.29, 0.717) is 5.75 Å². The first-order valence-corrected chi connectivity index (χ1v) is 5.80. The van der Waals surface area contributed by atoms with Crippen LogP contribution in [0, 0.1) is 0 Å². The molecule has 0 saturated carbocycles. The van der Waals surface area contributed by atoms with Crippen LogP contribution < -0.4 is 5.32 Å². The molecule has 0 aliphatic carbocycles. The lowest BCUT2D eigenvalue weighted by molar-refractivity contribution is 0.452. The van der Waals surface area contributed by atoms with Crippen molar-refractivity contribution < 1.29 is 5.11 Å². The van der Waals surface area contributed by atoms with Crippen LogP contribution in [0.1, 0.15) is 17.2 Å². The summed E-state index contributed by atoms with van der Waals surface area (Å²) < 4.78 is 0. The van der Waals surface area contributed by atoms with E-state index in [1.54, 1.807) is 6.07 Å². The standard InChI is InChI=1S/C15H17NO/c1-16-14(11-12-7-3-2-4-8-12)13-9-5-6-10-15(13)17/h2-10,14,16-17H,11H2,1H3/t14-/m0/s1. The van der Waals surface area contributed by atoms with Crippen LogP contribution in [0.15, 0.2) is 54.6 Å². The van der Waals surface area contributed by atoms with E-state index in [1.165, 1.54) is 5.56 Å². The second-order valence-corrected chi connectivity index (χ2v) is 4.09. The molecule has 2 aromatic carbocycles. The maximum absolute atomic E-state index is 9.85. The normalized spacial score (nSPS) is 12.3. The fourth-order valence-corrected chi connectivity index (χ4v) is 2.00. The zero-order chi connectivity index (χ0) is 12.1. The van der Waals surface area contributed by atoms with Gasteiger partial charge in [-0.05, 0) is 25.1 Å². The van der Waals surface area contributed by atoms with Crippen molar-refractivity contribution in [3.8, 4) is 5.75 Å². The molecule has 0 aliphatic rings. The van der Waals surface area contributed by atoms with Gasteiger partial charge in [0.2, 0.25) is 0 Å². The van der Waals surface area contributed by atoms with Crippen LogP contribution in [0.4, 0.5) is 0 Å². The van der Waals surface area contributed by atoms with Gasteiger partial charge in [-0.2, -0.15) is 0 Å². The van der Waals surface area contributed by atoms with Gasteiger partial charge in [-0.3, -0.25) is 0 Å². The van der Waals surface area contributed by atoms with Gasteiger partial charge in [0, 0.05) is 11.6 Å². The summed E-state index contributed by atoms with van der Waals surface area (Å²) in [5.74, 6) is 0.350. The highest BCUT2D eigenvalue weighted by molar-refractivity contribution is 5.35. The van der Waals surface area contributed by atoms with Gasteiger partial charge in [-0.1, -0.05) is 48.5 Å². The van der Waals surface area contributed by atoms with E-state index in [1.807, 2.05) is 43.4 Å². The predicted octanol–water partition coefficient (Wildman–Crippen LogP) is 2.90. The van der Waals surface area contributed by atoms with E-state index >= 15 is 0 Å². The molecule has 0 unspecified atom stereocenters. The molecule has 0 aliphatic heterocycles. The number of rotatable bonds is 4. The van der Waals surface area contributed by atoms with Gasteiger partial charge in [0.15, 0.2) is 0 Å². The summed E-state index contributed by atoms with van der Waals surface area (Å²) in [5.41, 5.74) is 2.20. The van der Waals surface area contributed by atoms with Crippen molar-refractivity contribution in [1.29, 1.82) is 0 Å². The minimum Gasteiger partial charge on any atom is -0.508 e. The van der Waals surface area contributed by atoms with Gasteiger partial charge in [-0.25, -0.2) is 0 Å². The Balaban J connectivity index is 2.21. The van der Waals surface area contributed by atoms with E-state index in [0.717, 1.165) is 12.0 Å². The Morgan fingerprint density at radius 3 is 2.29 bits per heavy atom. The Kier molecular flexibility index (Phi) is 3.78. The predicted molar refractivity (Wildman–Crippen MR) is 70.1 cm³/mol. The summed E-state index contributed by atoms with van der Waals surface area (Å²) in [6.45, 7) is 0. The highest BCUT2D eigenvalue weighted by Crippen LogP contribution is 2.25. The Morgan fingerprint density at radius 1 is 1.00 bits per heavy atom. The second kappa shape index (κ2) is 5.51. The van der Waals surface area contributed by atoms with E-state index < -0.39 is 0 Å². The number of nitrogens with one attached hydrogen (secondary N) is 1. The summed E-state index contributed by atoms with van der Waals surface area (Å²) in [5, 5.41) is 13.1. The molecule has 0 radical (unpaired) electrons. The fourth-order valence-electron chi connectivity index (χ4n) is 2.00. The molecule has 0 amide bonds. The van der Waals surface area contributed by atoms with Crippen LogP contribution in [-0.4, -0.2) is 12.2 Å². The van der Waals surface area contributed by atoms with Crippen LogP contribution in [0.2, 0.25) is 0 Å². The van der Waals surface area contributed by atoms with E-state index in [2.05, 4.69) is 17.4 Å². The molecule has 0 spiro atoms. The Hall–Kier alpha value is -1.80. The minimum atomic E-state index is 0.138. The monoisotopic (exact) mass is 227 g/mol. The zero-order valence-corrected chi connectivity index (χ0v) is 9.93. The Morgan fingerprint density at radius 2 is 1.65 bits per heavy atom. The largest absolute Gasteiger partial charge is 0.508 e. The number of benzene rings is 2. The zero-order valence-electron chi connectivity index (χ0n) is 9.93. The molecule has 0 fully saturated rings. The number of hydrogen-bond acceptors (Lipinski definition) is 2. The lowest BCUT2D eigenvalue weighted by atomic mass is 9.98. The van der Waals surface area contributed by atoms with Crippen molar-refractivity contribution >= 4 is 0 Å². The smallest absolute Gasteiger partial charge is 0.120 e. The third-order valence-corrected chi connectivity index (χ3v) is 2.94. The molecule has 2 heteroatoms. The molecule has 0 bridgehead atoms. The van der Waals surface area contributed by atoms with Crippen LogP contribution in [0.5, 0.6) is 5.75 Å². The SMILES string of the molecule is CN[C@@H](Cc1ccccc1)c1ccccc1O. The van der Waals surface area contributed by atoms with E-state index in [-0.39, 0.29) is 6.04 Å². The van der Waals surface area contributed by atoms with Gasteiger partial charge in [0.25, 0.3) is 0 Å². The van der Waals surface area contributed by atoms with Crippen molar-refractivity contribution in [3.05, 3.63) is 65.7 Å². The molecule has 2 aromatic rings. The first kappa shape index (κ1) is 11.7. The molecule has 0 heterocycles. The number of hydrogen-bond donors (Lipinski definition) is 2. The Labute approximate surface area is 102 Å². The molecule has 1 atom stereocenters. The second-order valence-electron chi connectivity index (χ2n) is 4.09. The average Bonchev–Trinajstić information content (AvgIpc) is 2.38. The molecule has 2 N–H and O–H groups in total. The van der Waals surface area contributed by atoms with E-state index in [4.69, 9.17) is 0 Å². The number of phenolic OH excluding ortho intramolecular Hbond substituents is 1. The van der Waals surface area contributed by atoms with Crippen molar-refractivity contribution in [1.82, 2.24) is 5.32 Å². The molecule has 2 nitrogen and oxygen atoms in total. The first-order chi connectivity index (χ1) is 8.31. The summed E-state index contributed by atoms with van der Waals surface area (Å²) in [6.07, 6.45) is 0.870. The minimum absolute atomic E-state index is 0.138. The van der Waals surface area contributed by atoms with Crippen molar-refractivity contribution in [2.75, 3.05) is 7.05 Å². The van der Waals surface area contributed by atoms with Gasteiger partial charge >= 0.3 is 0 Å². The molecular formula is C15H17NO. The Bertz CT molecular complexity index is 467. The van der Waals surface area contributed by atoms with Crippen LogP contribution in [-0.2, 0) is 6.42 Å². The van der Waals surface area contributed by atoms with E-state index in [9.17, 15) is 5.11 Å². The average molecular weight is 227 g/mol. The van der Waals surface area contributed by atoms with Crippen molar-refractivity contribution in [2.45, 2.75) is 12.5 Å². The molecule has 88 valence electrons. The number of para-hydroxylation sites is 1. The third-order valence-electron chi connectivity index (χ3n) is 2.94. The van der Waals surface area contributed by atoms with Crippen LogP contribution in [0.25, 0.3) is 0 Å². The summed E-state index contributed by atoms with van der Waals surface area (Å²) in [7, 11) is 1.92. The summed E-state index contributed by atoms with van der Waals surface area (Å²) >= 11 is 0. The number of phenols is 1. The first-order valence-electron chi connectivity index (χ1n) is 5.80. The number of likely N-dealkylation sites (N-methyl/N-ethyl adjacent to an activating group) is 1. The van der Waals surface area contributed by atoms with Gasteiger partial charge in [0.1, 0.15) is 5.75 Å². The van der Waals surface area contributed by atoms with Crippen molar-refractivity contribution in [3.63, 3.8) is 0 Å². The maximum atomic E-state index is 9.85. The highest BCUT2D eigenvalue weighted by atomic mass is 16.3. The molecule has 0 aromatic heterocycles. The fraction of sp³-hybridized carbons (Fsp3) is 0.200. The number of aromatic hydroxyl groups is 1. The lowest BCUT2D eigenvalue weighted by Gasteiger charge is -2.17. The van der Waals surface area contributed by atoms with Crippen molar-refractivity contribution in [2.24, 2.45) is 0 Å². The van der Waals surface area contributed by atoms with Gasteiger partial charge < -0.3 is 10.4 Å². The molecule has 0 saturated heterocycles. The van der Waals surface area contributed by atoms with Gasteiger partial charge in [0.05, 0.1) is 0 Å². The lowest BCUT2D eigenvalue weighted by Crippen LogP contribution is -2.18. The van der Waals surface area contributed by atoms with Crippen LogP contribution >= 0.6 is 0 Å².